The highest BCUT2D eigenvalue weighted by Gasteiger charge is 2.26. The molecule has 0 aliphatic carbocycles. The third-order valence-electron chi connectivity index (χ3n) is 5.30. The van der Waals surface area contributed by atoms with Crippen LogP contribution in [0, 0.1) is 0 Å². The number of hydrogen-bond donors (Lipinski definition) is 1. The second kappa shape index (κ2) is 9.52. The lowest BCUT2D eigenvalue weighted by Crippen LogP contribution is -2.52. The number of carbonyl (C=O) groups is 1. The summed E-state index contributed by atoms with van der Waals surface area (Å²) in [5.41, 5.74) is 1.83. The van der Waals surface area contributed by atoms with Gasteiger partial charge in [-0.05, 0) is 31.2 Å². The predicted molar refractivity (Wildman–Crippen MR) is 114 cm³/mol. The van der Waals surface area contributed by atoms with E-state index in [0.717, 1.165) is 31.9 Å². The maximum Gasteiger partial charge on any atom is 0.241 e. The molecule has 1 N–H and O–H groups in total. The molecule has 1 aliphatic rings. The molecule has 0 spiro atoms. The highest BCUT2D eigenvalue weighted by Crippen LogP contribution is 2.26. The van der Waals surface area contributed by atoms with Gasteiger partial charge in [-0.15, -0.1) is 0 Å². The number of piperazine rings is 1. The number of nitrogens with one attached hydrogen (secondary N) is 1. The lowest BCUT2D eigenvalue weighted by molar-refractivity contribution is -0.120. The first-order chi connectivity index (χ1) is 14.0. The Morgan fingerprint density at radius 1 is 0.862 bits per heavy atom. The number of methoxy groups -OCH3 is 3. The van der Waals surface area contributed by atoms with E-state index in [1.807, 2.05) is 19.1 Å². The Morgan fingerprint density at radius 2 is 1.41 bits per heavy atom. The number of hydrogen-bond acceptors (Lipinski definition) is 6. The predicted octanol–water partition coefficient (Wildman–Crippen LogP) is 2.86. The molecular weight excluding hydrogens is 370 g/mol. The van der Waals surface area contributed by atoms with E-state index >= 15 is 0 Å². The van der Waals surface area contributed by atoms with Crippen molar-refractivity contribution in [2.24, 2.45) is 0 Å². The Morgan fingerprint density at radius 3 is 1.93 bits per heavy atom. The zero-order chi connectivity index (χ0) is 20.8. The van der Waals surface area contributed by atoms with E-state index in [-0.39, 0.29) is 11.9 Å². The average molecular weight is 399 g/mol. The molecule has 1 saturated heterocycles. The summed E-state index contributed by atoms with van der Waals surface area (Å²) in [4.78, 5) is 17.3. The van der Waals surface area contributed by atoms with Crippen LogP contribution < -0.4 is 24.4 Å². The molecule has 1 atom stereocenters. The average Bonchev–Trinajstić information content (AvgIpc) is 2.78. The lowest BCUT2D eigenvalue weighted by atomic mass is 10.2. The van der Waals surface area contributed by atoms with Gasteiger partial charge >= 0.3 is 0 Å². The molecule has 1 fully saturated rings. The van der Waals surface area contributed by atoms with Crippen LogP contribution in [0.4, 0.5) is 11.4 Å². The van der Waals surface area contributed by atoms with E-state index in [4.69, 9.17) is 14.2 Å². The zero-order valence-corrected chi connectivity index (χ0v) is 17.5. The number of ether oxygens (including phenoxy) is 3. The monoisotopic (exact) mass is 399 g/mol. The number of nitrogens with zero attached hydrogens (tertiary/aromatic N) is 2. The lowest BCUT2D eigenvalue weighted by Gasteiger charge is -2.38. The van der Waals surface area contributed by atoms with Crippen LogP contribution in [-0.4, -0.2) is 64.4 Å². The van der Waals surface area contributed by atoms with Crippen molar-refractivity contribution in [3.63, 3.8) is 0 Å². The van der Waals surface area contributed by atoms with Gasteiger partial charge in [-0.1, -0.05) is 0 Å². The summed E-state index contributed by atoms with van der Waals surface area (Å²) in [6.07, 6.45) is 0. The fourth-order valence-corrected chi connectivity index (χ4v) is 3.45. The maximum absolute atomic E-state index is 12.8. The van der Waals surface area contributed by atoms with Gasteiger partial charge in [0, 0.05) is 55.8 Å². The fraction of sp³-hybridized carbons (Fsp3) is 0.409. The first-order valence-electron chi connectivity index (χ1n) is 9.71. The standard InChI is InChI=1S/C22H29N3O4/c1-16(22(26)23-17-13-20(28-3)15-21(14-17)29-4)24-9-11-25(12-10-24)18-5-7-19(27-2)8-6-18/h5-8,13-16H,9-12H2,1-4H3,(H,23,26). The van der Waals surface area contributed by atoms with E-state index in [1.165, 1.54) is 5.69 Å². The van der Waals surface area contributed by atoms with Gasteiger partial charge in [0.05, 0.1) is 27.4 Å². The van der Waals surface area contributed by atoms with Crippen LogP contribution in [0.3, 0.4) is 0 Å². The molecule has 156 valence electrons. The van der Waals surface area contributed by atoms with Crippen LogP contribution in [0.25, 0.3) is 0 Å². The largest absolute Gasteiger partial charge is 0.497 e. The Labute approximate surface area is 172 Å². The molecule has 7 heteroatoms. The molecule has 1 amide bonds. The van der Waals surface area contributed by atoms with Crippen molar-refractivity contribution >= 4 is 17.3 Å². The summed E-state index contributed by atoms with van der Waals surface area (Å²) in [6, 6.07) is 13.2. The normalized spacial score (nSPS) is 15.5. The molecule has 0 bridgehead atoms. The SMILES string of the molecule is COc1ccc(N2CCN(C(C)C(=O)Nc3cc(OC)cc(OC)c3)CC2)cc1. The highest BCUT2D eigenvalue weighted by atomic mass is 16.5. The van der Waals surface area contributed by atoms with Crippen LogP contribution in [0.5, 0.6) is 17.2 Å². The minimum absolute atomic E-state index is 0.0433. The molecule has 29 heavy (non-hydrogen) atoms. The topological polar surface area (TPSA) is 63.3 Å². The van der Waals surface area contributed by atoms with Gasteiger partial charge in [-0.3, -0.25) is 9.69 Å². The summed E-state index contributed by atoms with van der Waals surface area (Å²) in [6.45, 7) is 5.33. The Hall–Kier alpha value is -2.93. The van der Waals surface area contributed by atoms with Crippen molar-refractivity contribution in [3.05, 3.63) is 42.5 Å². The molecule has 2 aromatic rings. The van der Waals surface area contributed by atoms with Crippen molar-refractivity contribution < 1.29 is 19.0 Å². The highest BCUT2D eigenvalue weighted by molar-refractivity contribution is 5.95. The quantitative estimate of drug-likeness (QED) is 0.773. The molecule has 3 rings (SSSR count). The van der Waals surface area contributed by atoms with Gasteiger partial charge < -0.3 is 24.4 Å². The third-order valence-corrected chi connectivity index (χ3v) is 5.30. The fourth-order valence-electron chi connectivity index (χ4n) is 3.45. The molecule has 0 radical (unpaired) electrons. The van der Waals surface area contributed by atoms with Crippen LogP contribution in [-0.2, 0) is 4.79 Å². The molecule has 0 aromatic heterocycles. The third kappa shape index (κ3) is 5.12. The Balaban J connectivity index is 1.57. The van der Waals surface area contributed by atoms with E-state index < -0.39 is 0 Å². The molecule has 1 heterocycles. The van der Waals surface area contributed by atoms with E-state index in [1.54, 1.807) is 39.5 Å². The molecule has 1 unspecified atom stereocenters. The maximum atomic E-state index is 12.8. The summed E-state index contributed by atoms with van der Waals surface area (Å²) < 4.78 is 15.8. The molecule has 1 aliphatic heterocycles. The van der Waals surface area contributed by atoms with Gasteiger partial charge in [0.2, 0.25) is 5.91 Å². The number of benzene rings is 2. The number of rotatable bonds is 7. The molecule has 2 aromatic carbocycles. The van der Waals surface area contributed by atoms with Crippen molar-refractivity contribution in [3.8, 4) is 17.2 Å². The van der Waals surface area contributed by atoms with Crippen molar-refractivity contribution in [1.82, 2.24) is 4.90 Å². The zero-order valence-electron chi connectivity index (χ0n) is 17.5. The number of amides is 1. The van der Waals surface area contributed by atoms with Crippen LogP contribution in [0.1, 0.15) is 6.92 Å². The van der Waals surface area contributed by atoms with E-state index in [0.29, 0.717) is 17.2 Å². The van der Waals surface area contributed by atoms with Crippen LogP contribution in [0.2, 0.25) is 0 Å². The summed E-state index contributed by atoms with van der Waals surface area (Å²) in [5.74, 6) is 2.09. The molecule has 0 saturated carbocycles. The van der Waals surface area contributed by atoms with Crippen molar-refractivity contribution in [1.29, 1.82) is 0 Å². The van der Waals surface area contributed by atoms with Gasteiger partial charge in [0.1, 0.15) is 17.2 Å². The summed E-state index contributed by atoms with van der Waals surface area (Å²) >= 11 is 0. The minimum Gasteiger partial charge on any atom is -0.497 e. The summed E-state index contributed by atoms with van der Waals surface area (Å²) in [7, 11) is 4.85. The summed E-state index contributed by atoms with van der Waals surface area (Å²) in [5, 5.41) is 2.98. The van der Waals surface area contributed by atoms with Gasteiger partial charge in [0.25, 0.3) is 0 Å². The number of anilines is 2. The van der Waals surface area contributed by atoms with E-state index in [2.05, 4.69) is 27.2 Å². The second-order valence-electron chi connectivity index (χ2n) is 6.99. The smallest absolute Gasteiger partial charge is 0.241 e. The molecule has 7 nitrogen and oxygen atoms in total. The van der Waals surface area contributed by atoms with Crippen molar-refractivity contribution in [2.75, 3.05) is 57.7 Å². The van der Waals surface area contributed by atoms with Crippen LogP contribution >= 0.6 is 0 Å². The second-order valence-corrected chi connectivity index (χ2v) is 6.99. The minimum atomic E-state index is -0.231. The number of carbonyl (C=O) groups excluding carboxylic acids is 1. The molecular formula is C22H29N3O4. The van der Waals surface area contributed by atoms with Crippen molar-refractivity contribution in [2.45, 2.75) is 13.0 Å². The van der Waals surface area contributed by atoms with Gasteiger partial charge in [0.15, 0.2) is 0 Å². The van der Waals surface area contributed by atoms with Crippen LogP contribution in [0.15, 0.2) is 42.5 Å². The van der Waals surface area contributed by atoms with Gasteiger partial charge in [-0.2, -0.15) is 0 Å². The Bertz CT molecular complexity index is 795. The van der Waals surface area contributed by atoms with Gasteiger partial charge in [-0.25, -0.2) is 0 Å². The first-order valence-corrected chi connectivity index (χ1v) is 9.71. The first kappa shape index (κ1) is 20.8. The van der Waals surface area contributed by atoms with E-state index in [9.17, 15) is 4.79 Å². The Kier molecular flexibility index (Phi) is 6.82.